The van der Waals surface area contributed by atoms with E-state index in [-0.39, 0.29) is 18.2 Å². The molecule has 3 aromatic rings. The van der Waals surface area contributed by atoms with Crippen LogP contribution in [0.15, 0.2) is 60.7 Å². The first kappa shape index (κ1) is 21.1. The number of amides is 1. The molecule has 2 heterocycles. The fourth-order valence-corrected chi connectivity index (χ4v) is 4.53. The first-order valence-corrected chi connectivity index (χ1v) is 11.0. The topological polar surface area (TPSA) is 76.1 Å². The summed E-state index contributed by atoms with van der Waals surface area (Å²) in [7, 11) is 0. The minimum atomic E-state index is -0.823. The van der Waals surface area contributed by atoms with E-state index in [1.165, 1.54) is 11.1 Å². The molecule has 1 N–H and O–H groups in total. The van der Waals surface area contributed by atoms with E-state index in [1.54, 1.807) is 6.92 Å². The Morgan fingerprint density at radius 2 is 1.85 bits per heavy atom. The molecule has 6 nitrogen and oxygen atoms in total. The van der Waals surface area contributed by atoms with Crippen LogP contribution in [-0.2, 0) is 29.3 Å². The van der Waals surface area contributed by atoms with Crippen molar-refractivity contribution in [2.45, 2.75) is 39.0 Å². The van der Waals surface area contributed by atoms with E-state index in [1.807, 2.05) is 35.2 Å². The Balaban J connectivity index is 1.27. The molecule has 33 heavy (non-hydrogen) atoms. The summed E-state index contributed by atoms with van der Waals surface area (Å²) in [5, 5.41) is 9.05. The van der Waals surface area contributed by atoms with Crippen molar-refractivity contribution in [1.82, 2.24) is 4.90 Å². The summed E-state index contributed by atoms with van der Waals surface area (Å²) in [5.41, 5.74) is 6.60. The zero-order valence-electron chi connectivity index (χ0n) is 18.4. The fourth-order valence-electron chi connectivity index (χ4n) is 4.53. The quantitative estimate of drug-likeness (QED) is 0.595. The van der Waals surface area contributed by atoms with Gasteiger partial charge in [0.05, 0.1) is 13.0 Å². The van der Waals surface area contributed by atoms with Gasteiger partial charge in [-0.25, -0.2) is 0 Å². The SMILES string of the molecule is CC(=O)N1Cc2ccc(-c3cccc(COc4ccc5c(c4)OC[C@H]5CC(=O)O)c3)cc2C1. The number of carbonyl (C=O) groups excluding carboxylic acids is 1. The summed E-state index contributed by atoms with van der Waals surface area (Å²) >= 11 is 0. The van der Waals surface area contributed by atoms with E-state index in [0.717, 1.165) is 22.3 Å². The Labute approximate surface area is 192 Å². The monoisotopic (exact) mass is 443 g/mol. The van der Waals surface area contributed by atoms with E-state index >= 15 is 0 Å². The van der Waals surface area contributed by atoms with Crippen molar-refractivity contribution in [3.63, 3.8) is 0 Å². The number of aliphatic carboxylic acids is 1. The van der Waals surface area contributed by atoms with Gasteiger partial charge >= 0.3 is 5.97 Å². The molecule has 0 unspecified atom stereocenters. The van der Waals surface area contributed by atoms with Gasteiger partial charge in [-0.15, -0.1) is 0 Å². The number of rotatable bonds is 6. The van der Waals surface area contributed by atoms with Crippen molar-refractivity contribution in [2.24, 2.45) is 0 Å². The molecule has 0 spiro atoms. The number of benzene rings is 3. The van der Waals surface area contributed by atoms with Crippen LogP contribution in [0.5, 0.6) is 11.5 Å². The third-order valence-corrected chi connectivity index (χ3v) is 6.33. The van der Waals surface area contributed by atoms with Crippen LogP contribution in [0, 0.1) is 0 Å². The maximum Gasteiger partial charge on any atom is 0.304 e. The van der Waals surface area contributed by atoms with Gasteiger partial charge in [-0.1, -0.05) is 36.4 Å². The molecule has 0 bridgehead atoms. The lowest BCUT2D eigenvalue weighted by Gasteiger charge is -2.11. The molecule has 1 atom stereocenters. The molecule has 1 amide bonds. The molecular formula is C27H25NO5. The largest absolute Gasteiger partial charge is 0.492 e. The molecule has 0 aromatic heterocycles. The highest BCUT2D eigenvalue weighted by molar-refractivity contribution is 5.75. The predicted molar refractivity (Wildman–Crippen MR) is 123 cm³/mol. The van der Waals surface area contributed by atoms with Crippen LogP contribution in [0.1, 0.15) is 41.5 Å². The Hall–Kier alpha value is -3.80. The van der Waals surface area contributed by atoms with E-state index < -0.39 is 5.97 Å². The van der Waals surface area contributed by atoms with E-state index in [2.05, 4.69) is 30.3 Å². The van der Waals surface area contributed by atoms with Gasteiger partial charge in [0, 0.05) is 37.6 Å². The molecule has 6 heteroatoms. The highest BCUT2D eigenvalue weighted by Crippen LogP contribution is 2.38. The summed E-state index contributed by atoms with van der Waals surface area (Å²) in [6.07, 6.45) is 0.0650. The van der Waals surface area contributed by atoms with Crippen LogP contribution in [-0.4, -0.2) is 28.5 Å². The van der Waals surface area contributed by atoms with Crippen LogP contribution < -0.4 is 9.47 Å². The Bertz CT molecular complexity index is 1230. The van der Waals surface area contributed by atoms with Crippen molar-refractivity contribution >= 4 is 11.9 Å². The smallest absolute Gasteiger partial charge is 0.304 e. The molecule has 5 rings (SSSR count). The number of carbonyl (C=O) groups is 2. The van der Waals surface area contributed by atoms with Crippen molar-refractivity contribution in [3.05, 3.63) is 82.9 Å². The van der Waals surface area contributed by atoms with Gasteiger partial charge in [0.1, 0.15) is 18.1 Å². The van der Waals surface area contributed by atoms with E-state index in [0.29, 0.717) is 37.8 Å². The number of hydrogen-bond donors (Lipinski definition) is 1. The van der Waals surface area contributed by atoms with Crippen molar-refractivity contribution in [2.75, 3.05) is 6.61 Å². The summed E-state index contributed by atoms with van der Waals surface area (Å²) in [6, 6.07) is 20.2. The molecule has 0 aliphatic carbocycles. The van der Waals surface area contributed by atoms with Crippen LogP contribution in [0.4, 0.5) is 0 Å². The molecule has 168 valence electrons. The number of carboxylic acid groups (broad SMARTS) is 1. The summed E-state index contributed by atoms with van der Waals surface area (Å²) in [5.74, 6) is 0.553. The Morgan fingerprint density at radius 3 is 2.67 bits per heavy atom. The number of carboxylic acids is 1. The average Bonchev–Trinajstić information content (AvgIpc) is 3.41. The number of fused-ring (bicyclic) bond motifs is 2. The molecule has 0 saturated heterocycles. The average molecular weight is 443 g/mol. The lowest BCUT2D eigenvalue weighted by molar-refractivity contribution is -0.137. The van der Waals surface area contributed by atoms with Gasteiger partial charge in [-0.3, -0.25) is 9.59 Å². The van der Waals surface area contributed by atoms with Crippen LogP contribution in [0.3, 0.4) is 0 Å². The third kappa shape index (κ3) is 4.42. The first-order chi connectivity index (χ1) is 16.0. The van der Waals surface area contributed by atoms with E-state index in [4.69, 9.17) is 14.6 Å². The van der Waals surface area contributed by atoms with Gasteiger partial charge in [0.15, 0.2) is 0 Å². The maximum absolute atomic E-state index is 11.7. The van der Waals surface area contributed by atoms with Gasteiger partial charge in [-0.05, 0) is 46.0 Å². The highest BCUT2D eigenvalue weighted by Gasteiger charge is 2.26. The van der Waals surface area contributed by atoms with Crippen LogP contribution in [0.25, 0.3) is 11.1 Å². The lowest BCUT2D eigenvalue weighted by atomic mass is 9.98. The normalized spacial score (nSPS) is 16.2. The Kier molecular flexibility index (Phi) is 5.50. The summed E-state index contributed by atoms with van der Waals surface area (Å²) < 4.78 is 11.7. The molecule has 2 aliphatic heterocycles. The second kappa shape index (κ2) is 8.62. The number of hydrogen-bond acceptors (Lipinski definition) is 4. The fraction of sp³-hybridized carbons (Fsp3) is 0.259. The zero-order chi connectivity index (χ0) is 22.9. The maximum atomic E-state index is 11.7. The van der Waals surface area contributed by atoms with Crippen LogP contribution in [0.2, 0.25) is 0 Å². The lowest BCUT2D eigenvalue weighted by Crippen LogP contribution is -2.21. The number of ether oxygens (including phenoxy) is 2. The second-order valence-electron chi connectivity index (χ2n) is 8.65. The molecule has 0 saturated carbocycles. The van der Waals surface area contributed by atoms with Crippen LogP contribution >= 0.6 is 0 Å². The summed E-state index contributed by atoms with van der Waals surface area (Å²) in [6.45, 7) is 3.75. The van der Waals surface area contributed by atoms with Crippen molar-refractivity contribution in [3.8, 4) is 22.6 Å². The number of nitrogens with zero attached hydrogens (tertiary/aromatic N) is 1. The molecule has 0 fully saturated rings. The van der Waals surface area contributed by atoms with Gasteiger partial charge < -0.3 is 19.5 Å². The molecular weight excluding hydrogens is 418 g/mol. The highest BCUT2D eigenvalue weighted by atomic mass is 16.5. The minimum Gasteiger partial charge on any atom is -0.492 e. The third-order valence-electron chi connectivity index (χ3n) is 6.33. The molecule has 0 radical (unpaired) electrons. The van der Waals surface area contributed by atoms with Crippen molar-refractivity contribution in [1.29, 1.82) is 0 Å². The standard InChI is InChI=1S/C27H25NO5/c1-17(29)28-13-21-6-5-20(10-22(21)14-28)19-4-2-3-18(9-19)15-32-24-7-8-25-23(11-27(30)31)16-33-26(25)12-24/h2-10,12,23H,11,13-16H2,1H3,(H,30,31)/t23-/m1/s1. The predicted octanol–water partition coefficient (Wildman–Crippen LogP) is 4.75. The van der Waals surface area contributed by atoms with Crippen molar-refractivity contribution < 1.29 is 24.2 Å². The van der Waals surface area contributed by atoms with E-state index in [9.17, 15) is 9.59 Å². The van der Waals surface area contributed by atoms with Gasteiger partial charge in [0.25, 0.3) is 0 Å². The Morgan fingerprint density at radius 1 is 1.03 bits per heavy atom. The zero-order valence-corrected chi connectivity index (χ0v) is 18.4. The first-order valence-electron chi connectivity index (χ1n) is 11.0. The summed E-state index contributed by atoms with van der Waals surface area (Å²) in [4.78, 5) is 24.6. The van der Waals surface area contributed by atoms with Gasteiger partial charge in [0.2, 0.25) is 5.91 Å². The minimum absolute atomic E-state index is 0.0650. The second-order valence-corrected chi connectivity index (χ2v) is 8.65. The van der Waals surface area contributed by atoms with Gasteiger partial charge in [-0.2, -0.15) is 0 Å². The molecule has 3 aromatic carbocycles. The molecule has 2 aliphatic rings.